The molecule has 5 heteroatoms. The van der Waals surface area contributed by atoms with Gasteiger partial charge in [-0.1, -0.05) is 6.07 Å². The molecule has 2 aromatic rings. The highest BCUT2D eigenvalue weighted by Crippen LogP contribution is 2.11. The maximum Gasteiger partial charge on any atom is 0.137 e. The molecule has 0 spiro atoms. The van der Waals surface area contributed by atoms with Crippen LogP contribution >= 0.6 is 0 Å². The average Bonchev–Trinajstić information content (AvgIpc) is 2.73. The van der Waals surface area contributed by atoms with E-state index in [0.717, 1.165) is 29.9 Å². The number of hydrogen-bond acceptors (Lipinski definition) is 4. The molecule has 0 amide bonds. The number of amidine groups is 1. The summed E-state index contributed by atoms with van der Waals surface area (Å²) in [7, 11) is 0. The number of rotatable bonds is 1. The van der Waals surface area contributed by atoms with Gasteiger partial charge in [0.1, 0.15) is 17.2 Å². The van der Waals surface area contributed by atoms with Crippen LogP contribution in [0.3, 0.4) is 0 Å². The molecule has 16 heavy (non-hydrogen) atoms. The van der Waals surface area contributed by atoms with Gasteiger partial charge in [0.25, 0.3) is 0 Å². The summed E-state index contributed by atoms with van der Waals surface area (Å²) in [6.45, 7) is 0. The van der Waals surface area contributed by atoms with E-state index in [1.54, 1.807) is 0 Å². The SMILES string of the molecule is NC1=NN=C(c2cn3ccccc3n2)CC1. The van der Waals surface area contributed by atoms with E-state index in [-0.39, 0.29) is 0 Å². The van der Waals surface area contributed by atoms with E-state index in [9.17, 15) is 0 Å². The van der Waals surface area contributed by atoms with E-state index < -0.39 is 0 Å². The van der Waals surface area contributed by atoms with Gasteiger partial charge in [-0.05, 0) is 12.1 Å². The van der Waals surface area contributed by atoms with Crippen LogP contribution in [0.25, 0.3) is 5.65 Å². The Labute approximate surface area is 92.3 Å². The van der Waals surface area contributed by atoms with Crippen molar-refractivity contribution in [3.05, 3.63) is 36.3 Å². The molecule has 0 unspecified atom stereocenters. The summed E-state index contributed by atoms with van der Waals surface area (Å²) >= 11 is 0. The monoisotopic (exact) mass is 213 g/mol. The predicted octanol–water partition coefficient (Wildman–Crippen LogP) is 1.19. The Hall–Kier alpha value is -2.17. The highest BCUT2D eigenvalue weighted by molar-refractivity contribution is 6.03. The number of aromatic nitrogens is 2. The van der Waals surface area contributed by atoms with Gasteiger partial charge in [-0.15, -0.1) is 5.10 Å². The van der Waals surface area contributed by atoms with E-state index in [0.29, 0.717) is 5.84 Å². The van der Waals surface area contributed by atoms with E-state index in [1.165, 1.54) is 0 Å². The molecular formula is C11H11N5. The summed E-state index contributed by atoms with van der Waals surface area (Å²) < 4.78 is 1.97. The Kier molecular flexibility index (Phi) is 1.96. The molecule has 0 radical (unpaired) electrons. The van der Waals surface area contributed by atoms with Gasteiger partial charge in [0, 0.05) is 25.2 Å². The topological polar surface area (TPSA) is 68.0 Å². The van der Waals surface area contributed by atoms with Gasteiger partial charge in [-0.3, -0.25) is 0 Å². The lowest BCUT2D eigenvalue weighted by Gasteiger charge is -2.05. The van der Waals surface area contributed by atoms with Crippen molar-refractivity contribution in [1.82, 2.24) is 9.38 Å². The zero-order valence-electron chi connectivity index (χ0n) is 8.67. The molecule has 3 heterocycles. The summed E-state index contributed by atoms with van der Waals surface area (Å²) in [5.41, 5.74) is 8.26. The van der Waals surface area contributed by atoms with E-state index in [2.05, 4.69) is 15.2 Å². The highest BCUT2D eigenvalue weighted by Gasteiger charge is 2.12. The van der Waals surface area contributed by atoms with Crippen molar-refractivity contribution >= 4 is 17.2 Å². The number of hydrogen-bond donors (Lipinski definition) is 1. The average molecular weight is 213 g/mol. The van der Waals surface area contributed by atoms with Crippen LogP contribution in [0, 0.1) is 0 Å². The van der Waals surface area contributed by atoms with E-state index in [4.69, 9.17) is 5.73 Å². The predicted molar refractivity (Wildman–Crippen MR) is 62.6 cm³/mol. The summed E-state index contributed by atoms with van der Waals surface area (Å²) in [5, 5.41) is 7.97. The normalized spacial score (nSPS) is 16.0. The first-order valence-corrected chi connectivity index (χ1v) is 5.16. The van der Waals surface area contributed by atoms with Gasteiger partial charge in [-0.25, -0.2) is 4.98 Å². The number of pyridine rings is 1. The first kappa shape index (κ1) is 9.08. The van der Waals surface area contributed by atoms with Crippen LogP contribution in [-0.2, 0) is 0 Å². The molecule has 0 atom stereocenters. The number of fused-ring (bicyclic) bond motifs is 1. The fraction of sp³-hybridized carbons (Fsp3) is 0.182. The van der Waals surface area contributed by atoms with Gasteiger partial charge in [-0.2, -0.15) is 5.10 Å². The van der Waals surface area contributed by atoms with Crippen molar-refractivity contribution in [3.63, 3.8) is 0 Å². The second-order valence-electron chi connectivity index (χ2n) is 3.73. The van der Waals surface area contributed by atoms with Crippen molar-refractivity contribution in [2.75, 3.05) is 0 Å². The molecule has 0 bridgehead atoms. The molecule has 1 aliphatic rings. The van der Waals surface area contributed by atoms with Crippen LogP contribution in [0.5, 0.6) is 0 Å². The molecule has 2 N–H and O–H groups in total. The highest BCUT2D eigenvalue weighted by atomic mass is 15.2. The fourth-order valence-electron chi connectivity index (χ4n) is 1.72. The number of nitrogens with zero attached hydrogens (tertiary/aromatic N) is 4. The maximum atomic E-state index is 5.57. The summed E-state index contributed by atoms with van der Waals surface area (Å²) in [5.74, 6) is 0.590. The maximum absolute atomic E-state index is 5.57. The van der Waals surface area contributed by atoms with Crippen molar-refractivity contribution < 1.29 is 0 Å². The minimum Gasteiger partial charge on any atom is -0.386 e. The lowest BCUT2D eigenvalue weighted by atomic mass is 10.1. The van der Waals surface area contributed by atoms with Gasteiger partial charge >= 0.3 is 0 Å². The smallest absolute Gasteiger partial charge is 0.137 e. The largest absolute Gasteiger partial charge is 0.386 e. The summed E-state index contributed by atoms with van der Waals surface area (Å²) in [6, 6.07) is 5.90. The minimum atomic E-state index is 0.590. The van der Waals surface area contributed by atoms with Crippen LogP contribution in [0.15, 0.2) is 40.8 Å². The second kappa shape index (κ2) is 3.44. The Morgan fingerprint density at radius 3 is 2.88 bits per heavy atom. The molecular weight excluding hydrogens is 202 g/mol. The zero-order chi connectivity index (χ0) is 11.0. The third-order valence-electron chi connectivity index (χ3n) is 2.58. The van der Waals surface area contributed by atoms with Crippen LogP contribution in [0.1, 0.15) is 18.5 Å². The molecule has 2 aromatic heterocycles. The third kappa shape index (κ3) is 1.46. The van der Waals surface area contributed by atoms with Crippen LogP contribution in [-0.4, -0.2) is 20.9 Å². The molecule has 5 nitrogen and oxygen atoms in total. The first-order valence-electron chi connectivity index (χ1n) is 5.16. The Balaban J connectivity index is 2.07. The molecule has 80 valence electrons. The summed E-state index contributed by atoms with van der Waals surface area (Å²) in [6.07, 6.45) is 5.49. The summed E-state index contributed by atoms with van der Waals surface area (Å²) in [4.78, 5) is 4.48. The molecule has 0 fully saturated rings. The third-order valence-corrected chi connectivity index (χ3v) is 2.58. The molecule has 0 saturated carbocycles. The van der Waals surface area contributed by atoms with Crippen molar-refractivity contribution in [2.45, 2.75) is 12.8 Å². The van der Waals surface area contributed by atoms with E-state index in [1.807, 2.05) is 35.0 Å². The van der Waals surface area contributed by atoms with Crippen LogP contribution in [0.2, 0.25) is 0 Å². The van der Waals surface area contributed by atoms with Gasteiger partial charge < -0.3 is 10.1 Å². The van der Waals surface area contributed by atoms with Gasteiger partial charge in [0.05, 0.1) is 5.71 Å². The molecule has 0 aliphatic carbocycles. The lowest BCUT2D eigenvalue weighted by Crippen LogP contribution is -2.17. The van der Waals surface area contributed by atoms with Crippen LogP contribution in [0.4, 0.5) is 0 Å². The zero-order valence-corrected chi connectivity index (χ0v) is 8.67. The van der Waals surface area contributed by atoms with Gasteiger partial charge in [0.15, 0.2) is 0 Å². The quantitative estimate of drug-likeness (QED) is 0.773. The molecule has 0 saturated heterocycles. The van der Waals surface area contributed by atoms with Crippen molar-refractivity contribution in [2.24, 2.45) is 15.9 Å². The lowest BCUT2D eigenvalue weighted by molar-refractivity contribution is 1.02. The Bertz CT molecular complexity index is 560. The Morgan fingerprint density at radius 2 is 2.12 bits per heavy atom. The number of imidazole rings is 1. The van der Waals surface area contributed by atoms with Crippen molar-refractivity contribution in [1.29, 1.82) is 0 Å². The standard InChI is InChI=1S/C11H11N5/c12-10-5-4-8(14-15-10)9-7-16-6-2-1-3-11(16)13-9/h1-3,6-7H,4-5H2,(H2,12,15). The van der Waals surface area contributed by atoms with E-state index >= 15 is 0 Å². The molecule has 3 rings (SSSR count). The minimum absolute atomic E-state index is 0.590. The van der Waals surface area contributed by atoms with Gasteiger partial charge in [0.2, 0.25) is 0 Å². The van der Waals surface area contributed by atoms with Crippen LogP contribution < -0.4 is 5.73 Å². The second-order valence-corrected chi connectivity index (χ2v) is 3.73. The molecule has 0 aromatic carbocycles. The first-order chi connectivity index (χ1) is 7.83. The van der Waals surface area contributed by atoms with Crippen molar-refractivity contribution in [3.8, 4) is 0 Å². The molecule has 1 aliphatic heterocycles. The number of nitrogens with two attached hydrogens (primary N) is 1. The fourth-order valence-corrected chi connectivity index (χ4v) is 1.72. The Morgan fingerprint density at radius 1 is 1.19 bits per heavy atom.